The monoisotopic (exact) mass is 384 g/mol. The summed E-state index contributed by atoms with van der Waals surface area (Å²) in [6.07, 6.45) is 2.23. The smallest absolute Gasteiger partial charge is 0.191 e. The van der Waals surface area contributed by atoms with Crippen molar-refractivity contribution in [2.24, 2.45) is 4.99 Å². The molecule has 0 bridgehead atoms. The van der Waals surface area contributed by atoms with Crippen LogP contribution < -0.4 is 10.6 Å². The van der Waals surface area contributed by atoms with Crippen molar-refractivity contribution in [2.45, 2.75) is 45.3 Å². The molecule has 0 radical (unpaired) electrons. The highest BCUT2D eigenvalue weighted by molar-refractivity contribution is 9.10. The van der Waals surface area contributed by atoms with Crippen LogP contribution in [0.25, 0.3) is 0 Å². The second kappa shape index (κ2) is 8.64. The Morgan fingerprint density at radius 3 is 2.65 bits per heavy atom. The minimum absolute atomic E-state index is 0.242. The Hall–Kier alpha value is -1.14. The third-order valence-electron chi connectivity index (χ3n) is 4.27. The Kier molecular flexibility index (Phi) is 6.84. The summed E-state index contributed by atoms with van der Waals surface area (Å²) >= 11 is 3.17. The Balaban J connectivity index is 1.81. The molecule has 0 atom stereocenters. The van der Waals surface area contributed by atoms with E-state index in [9.17, 15) is 4.39 Å². The van der Waals surface area contributed by atoms with Crippen molar-refractivity contribution in [1.29, 1.82) is 0 Å². The number of aliphatic imine (C=N–C) groups is 1. The lowest BCUT2D eigenvalue weighted by atomic mass is 10.0. The molecule has 1 aromatic carbocycles. The molecular weight excluding hydrogens is 359 g/mol. The maximum Gasteiger partial charge on any atom is 0.191 e. The fourth-order valence-corrected chi connectivity index (χ4v) is 3.03. The van der Waals surface area contributed by atoms with Crippen LogP contribution in [0, 0.1) is 5.82 Å². The van der Waals surface area contributed by atoms with Crippen LogP contribution in [0.4, 0.5) is 4.39 Å². The zero-order valence-electron chi connectivity index (χ0n) is 14.1. The van der Waals surface area contributed by atoms with Crippen LogP contribution in [-0.2, 0) is 6.54 Å². The van der Waals surface area contributed by atoms with E-state index in [1.54, 1.807) is 13.1 Å². The summed E-state index contributed by atoms with van der Waals surface area (Å²) in [6.45, 7) is 7.26. The van der Waals surface area contributed by atoms with Gasteiger partial charge in [0.05, 0.1) is 4.47 Å². The lowest BCUT2D eigenvalue weighted by molar-refractivity contribution is 0.167. The van der Waals surface area contributed by atoms with Crippen LogP contribution in [0.3, 0.4) is 0 Å². The lowest BCUT2D eigenvalue weighted by Crippen LogP contribution is -2.49. The molecule has 0 saturated carbocycles. The molecule has 1 heterocycles. The Morgan fingerprint density at radius 2 is 2.09 bits per heavy atom. The largest absolute Gasteiger partial charge is 0.354 e. The molecule has 4 nitrogen and oxygen atoms in total. The second-order valence-electron chi connectivity index (χ2n) is 6.22. The predicted molar refractivity (Wildman–Crippen MR) is 97.2 cm³/mol. The highest BCUT2D eigenvalue weighted by atomic mass is 79.9. The number of piperidine rings is 1. The van der Waals surface area contributed by atoms with Crippen LogP contribution >= 0.6 is 15.9 Å². The average molecular weight is 385 g/mol. The average Bonchev–Trinajstić information content (AvgIpc) is 2.55. The number of guanidine groups is 1. The molecular formula is C17H26BrFN4. The molecule has 1 saturated heterocycles. The molecule has 0 spiro atoms. The van der Waals surface area contributed by atoms with Gasteiger partial charge in [0.15, 0.2) is 5.96 Å². The number of likely N-dealkylation sites (tertiary alicyclic amines) is 1. The van der Waals surface area contributed by atoms with E-state index in [1.807, 2.05) is 6.07 Å². The molecule has 1 aliphatic rings. The molecule has 6 heteroatoms. The van der Waals surface area contributed by atoms with E-state index >= 15 is 0 Å². The van der Waals surface area contributed by atoms with Gasteiger partial charge in [-0.2, -0.15) is 0 Å². The second-order valence-corrected chi connectivity index (χ2v) is 7.08. The van der Waals surface area contributed by atoms with Crippen LogP contribution in [-0.4, -0.2) is 43.1 Å². The quantitative estimate of drug-likeness (QED) is 0.618. The first kappa shape index (κ1) is 18.2. The maximum atomic E-state index is 13.5. The predicted octanol–water partition coefficient (Wildman–Crippen LogP) is 3.13. The van der Waals surface area contributed by atoms with E-state index in [2.05, 4.69) is 50.3 Å². The fraction of sp³-hybridized carbons (Fsp3) is 0.588. The molecule has 23 heavy (non-hydrogen) atoms. The van der Waals surface area contributed by atoms with E-state index in [1.165, 1.54) is 6.07 Å². The van der Waals surface area contributed by atoms with Gasteiger partial charge in [-0.05, 0) is 60.3 Å². The molecule has 1 aromatic rings. The minimum atomic E-state index is -0.242. The van der Waals surface area contributed by atoms with Crippen molar-refractivity contribution in [2.75, 3.05) is 20.1 Å². The first-order valence-corrected chi connectivity index (χ1v) is 8.94. The molecule has 0 unspecified atom stereocenters. The standard InChI is InChI=1S/C17H26BrFN4/c1-12(2)23-8-6-14(7-9-23)22-17(20-3)21-11-13-4-5-15(18)16(19)10-13/h4-5,10,12,14H,6-9,11H2,1-3H3,(H2,20,21,22). The van der Waals surface area contributed by atoms with Gasteiger partial charge in [0.25, 0.3) is 0 Å². The van der Waals surface area contributed by atoms with E-state index in [0.717, 1.165) is 37.5 Å². The Labute approximate surface area is 146 Å². The van der Waals surface area contributed by atoms with Crippen molar-refractivity contribution < 1.29 is 4.39 Å². The maximum absolute atomic E-state index is 13.5. The highest BCUT2D eigenvalue weighted by Gasteiger charge is 2.21. The van der Waals surface area contributed by atoms with Gasteiger partial charge in [-0.3, -0.25) is 4.99 Å². The van der Waals surface area contributed by atoms with Gasteiger partial charge in [-0.15, -0.1) is 0 Å². The summed E-state index contributed by atoms with van der Waals surface area (Å²) in [5.74, 6) is 0.532. The van der Waals surface area contributed by atoms with Crippen molar-refractivity contribution in [1.82, 2.24) is 15.5 Å². The molecule has 1 fully saturated rings. The molecule has 128 valence electrons. The van der Waals surface area contributed by atoms with Gasteiger partial charge in [0.1, 0.15) is 5.82 Å². The summed E-state index contributed by atoms with van der Waals surface area (Å²) in [4.78, 5) is 6.77. The third-order valence-corrected chi connectivity index (χ3v) is 4.91. The normalized spacial score (nSPS) is 17.6. The van der Waals surface area contributed by atoms with Gasteiger partial charge < -0.3 is 15.5 Å². The van der Waals surface area contributed by atoms with E-state index in [0.29, 0.717) is 23.1 Å². The van der Waals surface area contributed by atoms with E-state index < -0.39 is 0 Å². The van der Waals surface area contributed by atoms with Crippen LogP contribution in [0.2, 0.25) is 0 Å². The van der Waals surface area contributed by atoms with Crippen molar-refractivity contribution in [3.8, 4) is 0 Å². The molecule has 1 aliphatic heterocycles. The Morgan fingerprint density at radius 1 is 1.39 bits per heavy atom. The third kappa shape index (κ3) is 5.46. The van der Waals surface area contributed by atoms with Gasteiger partial charge >= 0.3 is 0 Å². The zero-order chi connectivity index (χ0) is 16.8. The zero-order valence-corrected chi connectivity index (χ0v) is 15.7. The van der Waals surface area contributed by atoms with Crippen LogP contribution in [0.5, 0.6) is 0 Å². The number of halogens is 2. The van der Waals surface area contributed by atoms with Crippen LogP contribution in [0.15, 0.2) is 27.7 Å². The van der Waals surface area contributed by atoms with Gasteiger partial charge in [0.2, 0.25) is 0 Å². The Bertz CT molecular complexity index is 539. The van der Waals surface area contributed by atoms with Crippen molar-refractivity contribution in [3.63, 3.8) is 0 Å². The van der Waals surface area contributed by atoms with E-state index in [-0.39, 0.29) is 5.82 Å². The topological polar surface area (TPSA) is 39.7 Å². The summed E-state index contributed by atoms with van der Waals surface area (Å²) in [5.41, 5.74) is 0.892. The number of nitrogens with zero attached hydrogens (tertiary/aromatic N) is 2. The minimum Gasteiger partial charge on any atom is -0.354 e. The van der Waals surface area contributed by atoms with Crippen LogP contribution in [0.1, 0.15) is 32.3 Å². The summed E-state index contributed by atoms with van der Waals surface area (Å²) < 4.78 is 14.0. The number of benzene rings is 1. The van der Waals surface area contributed by atoms with Crippen molar-refractivity contribution in [3.05, 3.63) is 34.1 Å². The number of rotatable bonds is 4. The molecule has 2 rings (SSSR count). The van der Waals surface area contributed by atoms with Gasteiger partial charge in [-0.25, -0.2) is 4.39 Å². The fourth-order valence-electron chi connectivity index (χ4n) is 2.78. The molecule has 2 N–H and O–H groups in total. The van der Waals surface area contributed by atoms with Crippen molar-refractivity contribution >= 4 is 21.9 Å². The summed E-state index contributed by atoms with van der Waals surface area (Å²) in [6, 6.07) is 6.21. The number of hydrogen-bond acceptors (Lipinski definition) is 2. The first-order chi connectivity index (χ1) is 11.0. The summed E-state index contributed by atoms with van der Waals surface area (Å²) in [5, 5.41) is 6.73. The lowest BCUT2D eigenvalue weighted by Gasteiger charge is -2.35. The molecule has 0 aromatic heterocycles. The van der Waals surface area contributed by atoms with E-state index in [4.69, 9.17) is 0 Å². The first-order valence-electron chi connectivity index (χ1n) is 8.14. The molecule has 0 aliphatic carbocycles. The molecule has 0 amide bonds. The van der Waals surface area contributed by atoms with Gasteiger partial charge in [0, 0.05) is 38.8 Å². The summed E-state index contributed by atoms with van der Waals surface area (Å²) in [7, 11) is 1.76. The highest BCUT2D eigenvalue weighted by Crippen LogP contribution is 2.16. The number of nitrogens with one attached hydrogen (secondary N) is 2. The number of hydrogen-bond donors (Lipinski definition) is 2. The SMILES string of the molecule is CN=C(NCc1ccc(Br)c(F)c1)NC1CCN(C(C)C)CC1. The van der Waals surface area contributed by atoms with Gasteiger partial charge in [-0.1, -0.05) is 6.07 Å².